The Labute approximate surface area is 523 Å². The molecule has 0 amide bonds. The summed E-state index contributed by atoms with van der Waals surface area (Å²) in [7, 11) is 0. The fraction of sp³-hybridized carbons (Fsp3) is 0.0476. The number of hydrogen-bond donors (Lipinski definition) is 0. The lowest BCUT2D eigenvalue weighted by Crippen LogP contribution is -2.10. The number of para-hydroxylation sites is 2. The topological polar surface area (TPSA) is 10.9 Å². The molecule has 0 saturated carbocycles. The van der Waals surface area contributed by atoms with Crippen LogP contribution in [0.3, 0.4) is 0 Å². The highest BCUT2D eigenvalue weighted by molar-refractivity contribution is 7.26. The standard InChI is InChI=1S/C84H57N3S2/c1-84(2,3)62-40-38-52(39-41-62)61-48-73-71-46-57-36-34-55(53-18-14-24-65(44-53)85(63-20-6-4-7-21-63)75-30-16-28-69-67-26-10-12-32-79(67)88-82(69)75)42-59(57)50-77(71)87-78-51-60-43-56(35-37-58(60)47-72(78)74(49-61)81(73)87)54-19-15-25-66(45-54)86(64-22-8-5-9-23-64)76-31-17-29-70-68-27-11-13-33-80(68)89-83(70)76/h4-51H,1-3H3. The van der Waals surface area contributed by atoms with Crippen LogP contribution in [0.25, 0.3) is 133 Å². The van der Waals surface area contributed by atoms with Crippen molar-refractivity contribution < 1.29 is 0 Å². The van der Waals surface area contributed by atoms with Crippen molar-refractivity contribution in [1.29, 1.82) is 0 Å². The molecule has 4 heterocycles. The smallest absolute Gasteiger partial charge is 0.0640 e. The number of rotatable bonds is 9. The predicted molar refractivity (Wildman–Crippen MR) is 386 cm³/mol. The van der Waals surface area contributed by atoms with Crippen LogP contribution in [0.2, 0.25) is 0 Å². The fourth-order valence-corrected chi connectivity index (χ4v) is 16.6. The van der Waals surface area contributed by atoms with Gasteiger partial charge in [-0.1, -0.05) is 191 Å². The van der Waals surface area contributed by atoms with Gasteiger partial charge in [0, 0.05) is 75.2 Å². The average Bonchev–Trinajstić information content (AvgIpc) is 1.57. The molecule has 0 fully saturated rings. The number of anilines is 6. The van der Waals surface area contributed by atoms with Crippen LogP contribution in [-0.4, -0.2) is 4.40 Å². The molecular weight excluding hydrogens is 1120 g/mol. The van der Waals surface area contributed by atoms with Gasteiger partial charge in [0.25, 0.3) is 0 Å². The van der Waals surface area contributed by atoms with Crippen molar-refractivity contribution in [2.45, 2.75) is 26.2 Å². The zero-order valence-corrected chi connectivity index (χ0v) is 51.0. The summed E-state index contributed by atoms with van der Waals surface area (Å²) in [5.74, 6) is 0. The molecule has 3 nitrogen and oxygen atoms in total. The van der Waals surface area contributed by atoms with Gasteiger partial charge >= 0.3 is 0 Å². The molecule has 0 saturated heterocycles. The van der Waals surface area contributed by atoms with Crippen molar-refractivity contribution in [1.82, 2.24) is 4.40 Å². The van der Waals surface area contributed by atoms with E-state index >= 15 is 0 Å². The van der Waals surface area contributed by atoms with E-state index in [4.69, 9.17) is 0 Å². The third kappa shape index (κ3) is 8.37. The summed E-state index contributed by atoms with van der Waals surface area (Å²) in [6, 6.07) is 109. The van der Waals surface area contributed by atoms with Crippen LogP contribution < -0.4 is 9.80 Å². The van der Waals surface area contributed by atoms with Crippen LogP contribution in [0, 0.1) is 0 Å². The van der Waals surface area contributed by atoms with Crippen molar-refractivity contribution in [2.24, 2.45) is 0 Å². The third-order valence-electron chi connectivity index (χ3n) is 18.5. The molecule has 18 aromatic rings. The lowest BCUT2D eigenvalue weighted by Gasteiger charge is -2.26. The summed E-state index contributed by atoms with van der Waals surface area (Å²) in [5, 5.41) is 15.1. The maximum atomic E-state index is 2.57. The molecule has 4 aromatic heterocycles. The second-order valence-electron chi connectivity index (χ2n) is 24.9. The van der Waals surface area contributed by atoms with E-state index in [1.165, 1.54) is 150 Å². The van der Waals surface area contributed by atoms with E-state index in [-0.39, 0.29) is 5.41 Å². The Bertz CT molecular complexity index is 5520. The second-order valence-corrected chi connectivity index (χ2v) is 27.0. The average molecular weight is 1170 g/mol. The van der Waals surface area contributed by atoms with E-state index < -0.39 is 0 Å². The predicted octanol–water partition coefficient (Wildman–Crippen LogP) is 25.1. The van der Waals surface area contributed by atoms with Crippen molar-refractivity contribution >= 4 is 157 Å². The SMILES string of the molecule is CC(C)(C)c1ccc(-c2cc3c4cc5ccc(-c6cccc(N(c7ccccc7)c7cccc8c7sc7ccccc78)c6)cc5cc4n4c5cc6cc(-c7cccc(N(c8ccccc8)c8cccc9c8sc8ccccc89)c7)ccc6cc5c(c2)c34)cc1. The van der Waals surface area contributed by atoms with Crippen LogP contribution in [0.4, 0.5) is 34.1 Å². The molecule has 0 radical (unpaired) electrons. The number of aromatic nitrogens is 1. The van der Waals surface area contributed by atoms with E-state index in [0.717, 1.165) is 22.7 Å². The van der Waals surface area contributed by atoms with Gasteiger partial charge in [-0.2, -0.15) is 0 Å². The molecule has 89 heavy (non-hydrogen) atoms. The van der Waals surface area contributed by atoms with Gasteiger partial charge in [-0.05, 0) is 187 Å². The first-order valence-electron chi connectivity index (χ1n) is 30.7. The molecule has 0 N–H and O–H groups in total. The van der Waals surface area contributed by atoms with Crippen molar-refractivity contribution in [3.05, 3.63) is 297 Å². The summed E-state index contributed by atoms with van der Waals surface area (Å²) < 4.78 is 7.73. The third-order valence-corrected chi connectivity index (χ3v) is 21.0. The Balaban J connectivity index is 0.790. The molecule has 0 bridgehead atoms. The van der Waals surface area contributed by atoms with E-state index in [9.17, 15) is 0 Å². The summed E-state index contributed by atoms with van der Waals surface area (Å²) >= 11 is 3.74. The van der Waals surface area contributed by atoms with Gasteiger partial charge in [-0.3, -0.25) is 0 Å². The zero-order chi connectivity index (χ0) is 59.1. The first-order valence-corrected chi connectivity index (χ1v) is 32.3. The van der Waals surface area contributed by atoms with Crippen LogP contribution in [-0.2, 0) is 5.41 Å². The van der Waals surface area contributed by atoms with Gasteiger partial charge in [0.15, 0.2) is 0 Å². The van der Waals surface area contributed by atoms with Crippen LogP contribution >= 0.6 is 22.7 Å². The Morgan fingerprint density at radius 1 is 0.281 bits per heavy atom. The maximum Gasteiger partial charge on any atom is 0.0640 e. The van der Waals surface area contributed by atoms with Gasteiger partial charge in [-0.25, -0.2) is 0 Å². The van der Waals surface area contributed by atoms with Crippen LogP contribution in [0.15, 0.2) is 291 Å². The Hall–Kier alpha value is -10.6. The summed E-state index contributed by atoms with van der Waals surface area (Å²) in [6.07, 6.45) is 0. The molecule has 0 unspecified atom stereocenters. The number of thiophene rings is 2. The highest BCUT2D eigenvalue weighted by Crippen LogP contribution is 2.49. The molecule has 0 atom stereocenters. The van der Waals surface area contributed by atoms with Gasteiger partial charge in [0.2, 0.25) is 0 Å². The summed E-state index contributed by atoms with van der Waals surface area (Å²) in [5.41, 5.74) is 19.1. The molecule has 14 aromatic carbocycles. The van der Waals surface area contributed by atoms with Crippen LogP contribution in [0.5, 0.6) is 0 Å². The molecule has 0 aliphatic rings. The van der Waals surface area contributed by atoms with Gasteiger partial charge in [0.1, 0.15) is 0 Å². The first kappa shape index (κ1) is 51.6. The first-order chi connectivity index (χ1) is 43.7. The molecule has 5 heteroatoms. The zero-order valence-electron chi connectivity index (χ0n) is 49.4. The van der Waals surface area contributed by atoms with Crippen molar-refractivity contribution in [2.75, 3.05) is 9.80 Å². The lowest BCUT2D eigenvalue weighted by molar-refractivity contribution is 0.590. The molecule has 18 rings (SSSR count). The van der Waals surface area contributed by atoms with Gasteiger partial charge in [-0.15, -0.1) is 22.7 Å². The monoisotopic (exact) mass is 1170 g/mol. The Kier molecular flexibility index (Phi) is 11.6. The Morgan fingerprint density at radius 3 is 1.18 bits per heavy atom. The molecule has 0 spiro atoms. The van der Waals surface area contributed by atoms with Crippen molar-refractivity contribution in [3.8, 4) is 33.4 Å². The maximum absolute atomic E-state index is 2.57. The highest BCUT2D eigenvalue weighted by Gasteiger charge is 2.24. The van der Waals surface area contributed by atoms with Crippen molar-refractivity contribution in [3.63, 3.8) is 0 Å². The van der Waals surface area contributed by atoms with E-state index in [2.05, 4.69) is 326 Å². The molecular formula is C84H57N3S2. The summed E-state index contributed by atoms with van der Waals surface area (Å²) in [4.78, 5) is 4.86. The molecule has 0 aliphatic carbocycles. The minimum absolute atomic E-state index is 0.0613. The molecule has 0 aliphatic heterocycles. The lowest BCUT2D eigenvalue weighted by atomic mass is 9.86. The number of benzene rings is 14. The highest BCUT2D eigenvalue weighted by atomic mass is 32.1. The summed E-state index contributed by atoms with van der Waals surface area (Å²) in [6.45, 7) is 6.87. The Morgan fingerprint density at radius 2 is 0.697 bits per heavy atom. The molecule has 420 valence electrons. The fourth-order valence-electron chi connectivity index (χ4n) is 14.2. The van der Waals surface area contributed by atoms with Gasteiger partial charge < -0.3 is 14.2 Å². The van der Waals surface area contributed by atoms with E-state index in [0.29, 0.717) is 0 Å². The minimum Gasteiger partial charge on any atom is -0.309 e. The second kappa shape index (κ2) is 20.0. The number of nitrogens with zero attached hydrogens (tertiary/aromatic N) is 3. The van der Waals surface area contributed by atoms with E-state index in [1.54, 1.807) is 0 Å². The number of hydrogen-bond acceptors (Lipinski definition) is 4. The minimum atomic E-state index is 0.0613. The number of fused-ring (bicyclic) bond motifs is 14. The van der Waals surface area contributed by atoms with E-state index in [1.807, 2.05) is 22.7 Å². The normalized spacial score (nSPS) is 12.2. The quantitative estimate of drug-likeness (QED) is 0.143. The largest absolute Gasteiger partial charge is 0.309 e. The van der Waals surface area contributed by atoms with Crippen LogP contribution in [0.1, 0.15) is 26.3 Å². The van der Waals surface area contributed by atoms with Gasteiger partial charge in [0.05, 0.1) is 37.3 Å².